The first-order chi connectivity index (χ1) is 11.7. The third-order valence-electron chi connectivity index (χ3n) is 5.32. The predicted molar refractivity (Wildman–Crippen MR) is 85.3 cm³/mol. The number of carbonyl (C=O) groups excluding carboxylic acids is 1. The summed E-state index contributed by atoms with van der Waals surface area (Å²) < 4.78 is 14.2. The van der Waals surface area contributed by atoms with Crippen molar-refractivity contribution in [2.24, 2.45) is 5.92 Å². The van der Waals surface area contributed by atoms with Gasteiger partial charge in [0.05, 0.1) is 0 Å². The Kier molecular flexibility index (Phi) is 3.78. The number of aromatic nitrogens is 4. The summed E-state index contributed by atoms with van der Waals surface area (Å²) in [6.07, 6.45) is 6.62. The number of hydrogen-bond acceptors (Lipinski definition) is 4. The highest BCUT2D eigenvalue weighted by Gasteiger charge is 2.55. The minimum atomic E-state index is -0.342. The molecule has 2 saturated carbocycles. The topological polar surface area (TPSA) is 83.6 Å². The highest BCUT2D eigenvalue weighted by atomic mass is 19.1. The molecule has 2 aromatic rings. The van der Waals surface area contributed by atoms with Crippen LogP contribution in [-0.4, -0.2) is 32.1 Å². The van der Waals surface area contributed by atoms with Gasteiger partial charge in [0.1, 0.15) is 5.82 Å². The molecular weight excluding hydrogens is 309 g/mol. The zero-order valence-electron chi connectivity index (χ0n) is 13.4. The number of nitrogens with zero attached hydrogens (tertiary/aromatic N) is 3. The van der Waals surface area contributed by atoms with Gasteiger partial charge in [-0.3, -0.25) is 4.79 Å². The second-order valence-corrected chi connectivity index (χ2v) is 6.89. The molecule has 2 aliphatic carbocycles. The summed E-state index contributed by atoms with van der Waals surface area (Å²) >= 11 is 0. The van der Waals surface area contributed by atoms with Crippen LogP contribution in [0.5, 0.6) is 0 Å². The van der Waals surface area contributed by atoms with Crippen LogP contribution in [0.1, 0.15) is 44.1 Å². The number of halogens is 1. The number of benzene rings is 1. The Morgan fingerprint density at radius 1 is 1.42 bits per heavy atom. The molecule has 2 N–H and O–H groups in total. The average Bonchev–Trinajstić information content (AvgIpc) is 3.02. The van der Waals surface area contributed by atoms with E-state index in [2.05, 4.69) is 25.9 Å². The lowest BCUT2D eigenvalue weighted by Gasteiger charge is -2.23. The molecular formula is C17H20FN5O. The van der Waals surface area contributed by atoms with Gasteiger partial charge in [-0.05, 0) is 48.4 Å². The highest BCUT2D eigenvalue weighted by Crippen LogP contribution is 2.53. The van der Waals surface area contributed by atoms with Gasteiger partial charge < -0.3 is 5.32 Å². The number of aryl methyl sites for hydroxylation is 1. The minimum Gasteiger partial charge on any atom is -0.350 e. The molecule has 1 aromatic carbocycles. The van der Waals surface area contributed by atoms with Gasteiger partial charge in [-0.1, -0.05) is 25.0 Å². The van der Waals surface area contributed by atoms with Crippen molar-refractivity contribution in [3.05, 3.63) is 29.6 Å². The van der Waals surface area contributed by atoms with Crippen molar-refractivity contribution in [2.75, 3.05) is 0 Å². The van der Waals surface area contributed by atoms with Crippen LogP contribution < -0.4 is 5.32 Å². The van der Waals surface area contributed by atoms with Gasteiger partial charge in [0.15, 0.2) is 0 Å². The van der Waals surface area contributed by atoms with Gasteiger partial charge in [0.25, 0.3) is 0 Å². The van der Waals surface area contributed by atoms with Crippen molar-refractivity contribution < 1.29 is 9.18 Å². The van der Waals surface area contributed by atoms with Crippen LogP contribution in [0.4, 0.5) is 4.39 Å². The van der Waals surface area contributed by atoms with Crippen molar-refractivity contribution in [2.45, 2.75) is 50.5 Å². The Morgan fingerprint density at radius 2 is 2.33 bits per heavy atom. The molecule has 6 nitrogen and oxygen atoms in total. The SMILES string of the molecule is O=C(CCc1ccc(-c2nn[nH]n2)cc1F)NC12CCCCC1C2. The number of nitrogens with one attached hydrogen (secondary N) is 2. The van der Waals surface area contributed by atoms with Gasteiger partial charge in [0.2, 0.25) is 11.7 Å². The molecule has 0 spiro atoms. The van der Waals surface area contributed by atoms with Crippen LogP contribution in [-0.2, 0) is 11.2 Å². The Bertz CT molecular complexity index is 747. The third kappa shape index (κ3) is 2.90. The summed E-state index contributed by atoms with van der Waals surface area (Å²) in [5, 5.41) is 16.7. The molecule has 1 heterocycles. The van der Waals surface area contributed by atoms with Crippen molar-refractivity contribution >= 4 is 5.91 Å². The van der Waals surface area contributed by atoms with Crippen molar-refractivity contribution in [3.8, 4) is 11.4 Å². The van der Waals surface area contributed by atoms with E-state index in [9.17, 15) is 9.18 Å². The zero-order chi connectivity index (χ0) is 16.6. The number of fused-ring (bicyclic) bond motifs is 1. The van der Waals surface area contributed by atoms with Crippen LogP contribution in [0.25, 0.3) is 11.4 Å². The maximum absolute atomic E-state index is 14.2. The second kappa shape index (κ2) is 5.96. The van der Waals surface area contributed by atoms with Gasteiger partial charge in [-0.2, -0.15) is 5.21 Å². The average molecular weight is 329 g/mol. The first kappa shape index (κ1) is 15.2. The first-order valence-corrected chi connectivity index (χ1v) is 8.49. The van der Waals surface area contributed by atoms with E-state index in [1.807, 2.05) is 0 Å². The molecule has 7 heteroatoms. The van der Waals surface area contributed by atoms with Crippen LogP contribution >= 0.6 is 0 Å². The summed E-state index contributed by atoms with van der Waals surface area (Å²) in [5.41, 5.74) is 1.17. The van der Waals surface area contributed by atoms with E-state index in [0.29, 0.717) is 35.7 Å². The van der Waals surface area contributed by atoms with E-state index in [1.54, 1.807) is 12.1 Å². The first-order valence-electron chi connectivity index (χ1n) is 8.49. The van der Waals surface area contributed by atoms with Gasteiger partial charge in [0, 0.05) is 17.5 Å². The van der Waals surface area contributed by atoms with Crippen LogP contribution in [0.3, 0.4) is 0 Å². The molecule has 24 heavy (non-hydrogen) atoms. The number of carbonyl (C=O) groups is 1. The molecule has 0 bridgehead atoms. The summed E-state index contributed by atoms with van der Waals surface area (Å²) in [5.74, 6) is 0.710. The normalized spacial score (nSPS) is 25.1. The van der Waals surface area contributed by atoms with Crippen molar-refractivity contribution in [1.82, 2.24) is 25.9 Å². The molecule has 2 aliphatic rings. The van der Waals surface area contributed by atoms with E-state index in [0.717, 1.165) is 12.8 Å². The molecule has 2 unspecified atom stereocenters. The zero-order valence-corrected chi connectivity index (χ0v) is 13.4. The second-order valence-electron chi connectivity index (χ2n) is 6.89. The lowest BCUT2D eigenvalue weighted by Crippen LogP contribution is -2.39. The standard InChI is InChI=1S/C17H20FN5O/c18-14-9-12(16-20-22-23-21-16)5-4-11(14)6-7-15(24)19-17-8-2-1-3-13(17)10-17/h4-5,9,13H,1-3,6-8,10H2,(H,19,24)(H,20,21,22,23). The number of aromatic amines is 1. The summed E-state index contributed by atoms with van der Waals surface area (Å²) in [4.78, 5) is 12.2. The third-order valence-corrected chi connectivity index (χ3v) is 5.32. The Balaban J connectivity index is 1.35. The van der Waals surface area contributed by atoms with Gasteiger partial charge in [-0.15, -0.1) is 10.2 Å². The van der Waals surface area contributed by atoms with Crippen molar-refractivity contribution in [1.29, 1.82) is 0 Å². The molecule has 2 atom stereocenters. The molecule has 0 saturated heterocycles. The van der Waals surface area contributed by atoms with Crippen molar-refractivity contribution in [3.63, 3.8) is 0 Å². The Labute approximate surface area is 139 Å². The quantitative estimate of drug-likeness (QED) is 0.882. The molecule has 0 aliphatic heterocycles. The Hall–Kier alpha value is -2.31. The van der Waals surface area contributed by atoms with E-state index in [1.165, 1.54) is 25.3 Å². The molecule has 1 amide bonds. The number of rotatable bonds is 5. The molecule has 4 rings (SSSR count). The fraction of sp³-hybridized carbons (Fsp3) is 0.529. The van der Waals surface area contributed by atoms with Crippen LogP contribution in [0.2, 0.25) is 0 Å². The molecule has 2 fully saturated rings. The van der Waals surface area contributed by atoms with E-state index < -0.39 is 0 Å². The largest absolute Gasteiger partial charge is 0.350 e. The Morgan fingerprint density at radius 3 is 3.08 bits per heavy atom. The van der Waals surface area contributed by atoms with E-state index in [-0.39, 0.29) is 17.3 Å². The smallest absolute Gasteiger partial charge is 0.220 e. The molecule has 0 radical (unpaired) electrons. The highest BCUT2D eigenvalue weighted by molar-refractivity contribution is 5.77. The summed E-state index contributed by atoms with van der Waals surface area (Å²) in [6, 6.07) is 4.82. The monoisotopic (exact) mass is 329 g/mol. The summed E-state index contributed by atoms with van der Waals surface area (Å²) in [6.45, 7) is 0. The number of H-pyrrole nitrogens is 1. The lowest BCUT2D eigenvalue weighted by molar-refractivity contribution is -0.122. The van der Waals surface area contributed by atoms with Gasteiger partial charge >= 0.3 is 0 Å². The predicted octanol–water partition coefficient (Wildman–Crippen LogP) is 2.39. The molecule has 1 aromatic heterocycles. The lowest BCUT2D eigenvalue weighted by atomic mass is 9.95. The summed E-state index contributed by atoms with van der Waals surface area (Å²) in [7, 11) is 0. The number of hydrogen-bond donors (Lipinski definition) is 2. The van der Waals surface area contributed by atoms with Gasteiger partial charge in [-0.25, -0.2) is 4.39 Å². The number of tetrazole rings is 1. The van der Waals surface area contributed by atoms with E-state index in [4.69, 9.17) is 0 Å². The maximum Gasteiger partial charge on any atom is 0.220 e. The number of amides is 1. The fourth-order valence-electron chi connectivity index (χ4n) is 3.87. The minimum absolute atomic E-state index is 0.0287. The molecule has 126 valence electrons. The van der Waals surface area contributed by atoms with E-state index >= 15 is 0 Å². The fourth-order valence-corrected chi connectivity index (χ4v) is 3.87. The van der Waals surface area contributed by atoms with Crippen LogP contribution in [0, 0.1) is 11.7 Å². The van der Waals surface area contributed by atoms with Crippen LogP contribution in [0.15, 0.2) is 18.2 Å². The maximum atomic E-state index is 14.2.